The van der Waals surface area contributed by atoms with E-state index >= 15 is 0 Å². The molecule has 0 fully saturated rings. The number of carboxylic acid groups (broad SMARTS) is 1. The molecule has 2 amide bonds. The summed E-state index contributed by atoms with van der Waals surface area (Å²) in [6.45, 7) is 1.39. The van der Waals surface area contributed by atoms with Gasteiger partial charge in [-0.05, 0) is 42.7 Å². The van der Waals surface area contributed by atoms with Gasteiger partial charge < -0.3 is 15.7 Å². The molecular weight excluding hydrogens is 320 g/mol. The minimum Gasteiger partial charge on any atom is -0.480 e. The number of carboxylic acids is 1. The zero-order chi connectivity index (χ0) is 18.2. The molecule has 0 radical (unpaired) electrons. The smallest absolute Gasteiger partial charge is 0.326 e. The van der Waals surface area contributed by atoms with Gasteiger partial charge in [-0.3, -0.25) is 9.59 Å². The van der Waals surface area contributed by atoms with Crippen LogP contribution in [0.4, 0.5) is 5.69 Å². The second kappa shape index (κ2) is 8.63. The van der Waals surface area contributed by atoms with E-state index in [1.54, 1.807) is 12.1 Å². The fourth-order valence-corrected chi connectivity index (χ4v) is 2.36. The molecule has 2 rings (SSSR count). The Kier molecular flexibility index (Phi) is 6.28. The summed E-state index contributed by atoms with van der Waals surface area (Å²) in [4.78, 5) is 34.6. The molecule has 0 saturated carbocycles. The average Bonchev–Trinajstić information content (AvgIpc) is 2.59. The highest BCUT2D eigenvalue weighted by Crippen LogP contribution is 2.11. The Morgan fingerprint density at radius 1 is 1.00 bits per heavy atom. The zero-order valence-electron chi connectivity index (χ0n) is 13.9. The van der Waals surface area contributed by atoms with Crippen molar-refractivity contribution in [2.45, 2.75) is 25.8 Å². The first-order valence-corrected chi connectivity index (χ1v) is 7.91. The van der Waals surface area contributed by atoms with Gasteiger partial charge in [-0.25, -0.2) is 4.79 Å². The van der Waals surface area contributed by atoms with Gasteiger partial charge in [0.25, 0.3) is 5.91 Å². The van der Waals surface area contributed by atoms with Crippen molar-refractivity contribution in [3.63, 3.8) is 0 Å². The molecule has 25 heavy (non-hydrogen) atoms. The second-order valence-corrected chi connectivity index (χ2v) is 5.65. The van der Waals surface area contributed by atoms with Gasteiger partial charge in [-0.1, -0.05) is 30.3 Å². The highest BCUT2D eigenvalue weighted by atomic mass is 16.4. The molecule has 0 aliphatic rings. The Labute approximate surface area is 145 Å². The molecule has 0 aliphatic carbocycles. The molecular formula is C19H20N2O4. The number of amides is 2. The number of hydrogen-bond acceptors (Lipinski definition) is 3. The summed E-state index contributed by atoms with van der Waals surface area (Å²) in [5.74, 6) is -1.74. The van der Waals surface area contributed by atoms with Gasteiger partial charge in [0.2, 0.25) is 5.91 Å². The summed E-state index contributed by atoms with van der Waals surface area (Å²) in [5, 5.41) is 14.5. The topological polar surface area (TPSA) is 95.5 Å². The first kappa shape index (κ1) is 18.2. The molecule has 0 unspecified atom stereocenters. The number of aliphatic carboxylic acids is 1. The molecule has 2 aromatic carbocycles. The normalized spacial score (nSPS) is 11.4. The lowest BCUT2D eigenvalue weighted by Crippen LogP contribution is -2.41. The third-order valence-corrected chi connectivity index (χ3v) is 3.64. The number of carbonyl (C=O) groups is 3. The van der Waals surface area contributed by atoms with Crippen LogP contribution in [0.3, 0.4) is 0 Å². The standard InChI is InChI=1S/C19H20N2O4/c1-13(22)20-16-10-8-15(9-11-16)18(23)21-17(19(24)25)12-7-14-5-3-2-4-6-14/h2-6,8-11,17H,7,12H2,1H3,(H,20,22)(H,21,23)(H,24,25)/t17-/m0/s1. The van der Waals surface area contributed by atoms with E-state index in [2.05, 4.69) is 10.6 Å². The van der Waals surface area contributed by atoms with Gasteiger partial charge in [0.15, 0.2) is 0 Å². The molecule has 0 aliphatic heterocycles. The van der Waals surface area contributed by atoms with Crippen molar-refractivity contribution in [2.75, 3.05) is 5.32 Å². The van der Waals surface area contributed by atoms with Crippen molar-refractivity contribution in [1.29, 1.82) is 0 Å². The number of anilines is 1. The number of nitrogens with one attached hydrogen (secondary N) is 2. The monoisotopic (exact) mass is 340 g/mol. The quantitative estimate of drug-likeness (QED) is 0.721. The van der Waals surface area contributed by atoms with Gasteiger partial charge in [-0.15, -0.1) is 0 Å². The third kappa shape index (κ3) is 5.76. The fraction of sp³-hybridized carbons (Fsp3) is 0.211. The summed E-state index contributed by atoms with van der Waals surface area (Å²) >= 11 is 0. The van der Waals surface area contributed by atoms with E-state index in [1.807, 2.05) is 30.3 Å². The van der Waals surface area contributed by atoms with Crippen LogP contribution in [0.15, 0.2) is 54.6 Å². The van der Waals surface area contributed by atoms with E-state index in [0.717, 1.165) is 5.56 Å². The van der Waals surface area contributed by atoms with Crippen LogP contribution in [0.5, 0.6) is 0 Å². The minimum atomic E-state index is -1.07. The molecule has 0 aromatic heterocycles. The van der Waals surface area contributed by atoms with Crippen LogP contribution in [0, 0.1) is 0 Å². The Morgan fingerprint density at radius 2 is 1.64 bits per heavy atom. The van der Waals surface area contributed by atoms with Crippen molar-refractivity contribution in [3.8, 4) is 0 Å². The van der Waals surface area contributed by atoms with Crippen LogP contribution in [-0.4, -0.2) is 28.9 Å². The van der Waals surface area contributed by atoms with Gasteiger partial charge in [0, 0.05) is 18.2 Å². The van der Waals surface area contributed by atoms with E-state index in [4.69, 9.17) is 0 Å². The molecule has 0 heterocycles. The van der Waals surface area contributed by atoms with Crippen molar-refractivity contribution in [2.24, 2.45) is 0 Å². The molecule has 0 spiro atoms. The van der Waals surface area contributed by atoms with Crippen LogP contribution >= 0.6 is 0 Å². The SMILES string of the molecule is CC(=O)Nc1ccc(C(=O)N[C@@H](CCc2ccccc2)C(=O)O)cc1. The lowest BCUT2D eigenvalue weighted by molar-refractivity contribution is -0.139. The predicted octanol–water partition coefficient (Wildman–Crippen LogP) is 2.46. The van der Waals surface area contributed by atoms with Gasteiger partial charge in [0.05, 0.1) is 0 Å². The predicted molar refractivity (Wildman–Crippen MR) is 94.4 cm³/mol. The maximum atomic E-state index is 12.2. The van der Waals surface area contributed by atoms with E-state index in [0.29, 0.717) is 24.1 Å². The number of benzene rings is 2. The summed E-state index contributed by atoms with van der Waals surface area (Å²) in [6.07, 6.45) is 0.856. The van der Waals surface area contributed by atoms with Gasteiger partial charge >= 0.3 is 5.97 Å². The third-order valence-electron chi connectivity index (χ3n) is 3.64. The van der Waals surface area contributed by atoms with E-state index in [-0.39, 0.29) is 5.91 Å². The lowest BCUT2D eigenvalue weighted by Gasteiger charge is -2.15. The maximum absolute atomic E-state index is 12.2. The van der Waals surface area contributed by atoms with Crippen molar-refractivity contribution in [1.82, 2.24) is 5.32 Å². The highest BCUT2D eigenvalue weighted by Gasteiger charge is 2.20. The molecule has 3 N–H and O–H groups in total. The zero-order valence-corrected chi connectivity index (χ0v) is 13.9. The lowest BCUT2D eigenvalue weighted by atomic mass is 10.0. The van der Waals surface area contributed by atoms with Crippen LogP contribution in [0.25, 0.3) is 0 Å². The Balaban J connectivity index is 1.97. The van der Waals surface area contributed by atoms with Crippen LogP contribution < -0.4 is 10.6 Å². The first-order chi connectivity index (χ1) is 12.0. The number of hydrogen-bond donors (Lipinski definition) is 3. The van der Waals surface area contributed by atoms with Crippen molar-refractivity contribution < 1.29 is 19.5 Å². The molecule has 6 nitrogen and oxygen atoms in total. The summed E-state index contributed by atoms with van der Waals surface area (Å²) in [7, 11) is 0. The molecule has 1 atom stereocenters. The van der Waals surface area contributed by atoms with Crippen LogP contribution in [0.2, 0.25) is 0 Å². The van der Waals surface area contributed by atoms with Gasteiger partial charge in [0.1, 0.15) is 6.04 Å². The molecule has 0 bridgehead atoms. The Hall–Kier alpha value is -3.15. The van der Waals surface area contributed by atoms with Crippen LogP contribution in [-0.2, 0) is 16.0 Å². The maximum Gasteiger partial charge on any atom is 0.326 e. The molecule has 6 heteroatoms. The highest BCUT2D eigenvalue weighted by molar-refractivity contribution is 5.97. The second-order valence-electron chi connectivity index (χ2n) is 5.65. The molecule has 2 aromatic rings. The summed E-state index contributed by atoms with van der Waals surface area (Å²) < 4.78 is 0. The van der Waals surface area contributed by atoms with Crippen molar-refractivity contribution in [3.05, 3.63) is 65.7 Å². The Bertz CT molecular complexity index is 742. The molecule has 0 saturated heterocycles. The van der Waals surface area contributed by atoms with Crippen LogP contribution in [0.1, 0.15) is 29.3 Å². The van der Waals surface area contributed by atoms with E-state index < -0.39 is 17.9 Å². The average molecular weight is 340 g/mol. The number of aryl methyl sites for hydroxylation is 1. The summed E-state index contributed by atoms with van der Waals surface area (Å²) in [6, 6.07) is 14.8. The number of rotatable bonds is 7. The van der Waals surface area contributed by atoms with E-state index in [9.17, 15) is 19.5 Å². The van der Waals surface area contributed by atoms with Crippen molar-refractivity contribution >= 4 is 23.5 Å². The Morgan fingerprint density at radius 3 is 2.20 bits per heavy atom. The van der Waals surface area contributed by atoms with Gasteiger partial charge in [-0.2, -0.15) is 0 Å². The van der Waals surface area contributed by atoms with E-state index in [1.165, 1.54) is 19.1 Å². The minimum absolute atomic E-state index is 0.205. The summed E-state index contributed by atoms with van der Waals surface area (Å²) in [5.41, 5.74) is 1.92. The molecule has 130 valence electrons. The number of carbonyl (C=O) groups excluding carboxylic acids is 2. The largest absolute Gasteiger partial charge is 0.480 e. The first-order valence-electron chi connectivity index (χ1n) is 7.91. The fourth-order valence-electron chi connectivity index (χ4n) is 2.36.